The zero-order valence-electron chi connectivity index (χ0n) is 11.6. The van der Waals surface area contributed by atoms with Crippen molar-refractivity contribution in [3.63, 3.8) is 0 Å². The third-order valence-electron chi connectivity index (χ3n) is 4.70. The molecule has 3 unspecified atom stereocenters. The van der Waals surface area contributed by atoms with Crippen molar-refractivity contribution >= 4 is 23.4 Å². The van der Waals surface area contributed by atoms with Crippen molar-refractivity contribution in [1.82, 2.24) is 9.97 Å². The monoisotopic (exact) mass is 280 g/mol. The summed E-state index contributed by atoms with van der Waals surface area (Å²) in [5, 5.41) is 3.59. The summed E-state index contributed by atoms with van der Waals surface area (Å²) in [6, 6.07) is 0. The van der Waals surface area contributed by atoms with Gasteiger partial charge < -0.3 is 10.2 Å². The number of hydrogen-bond donors (Lipinski definition) is 1. The van der Waals surface area contributed by atoms with Gasteiger partial charge in [0.15, 0.2) is 5.82 Å². The van der Waals surface area contributed by atoms with Gasteiger partial charge in [-0.25, -0.2) is 4.98 Å². The van der Waals surface area contributed by atoms with E-state index in [2.05, 4.69) is 27.2 Å². The van der Waals surface area contributed by atoms with Crippen LogP contribution in [0.2, 0.25) is 5.02 Å². The quantitative estimate of drug-likeness (QED) is 0.920. The maximum atomic E-state index is 6.22. The van der Waals surface area contributed by atoms with E-state index in [1.807, 2.05) is 7.05 Å². The summed E-state index contributed by atoms with van der Waals surface area (Å²) in [5.74, 6) is 4.18. The van der Waals surface area contributed by atoms with Crippen LogP contribution in [0.3, 0.4) is 0 Å². The number of rotatable bonds is 4. The predicted molar refractivity (Wildman–Crippen MR) is 78.8 cm³/mol. The number of anilines is 2. The first-order chi connectivity index (χ1) is 9.17. The molecule has 0 radical (unpaired) electrons. The summed E-state index contributed by atoms with van der Waals surface area (Å²) in [7, 11) is 3.91. The third kappa shape index (κ3) is 2.50. The lowest BCUT2D eigenvalue weighted by Crippen LogP contribution is -2.29. The zero-order valence-corrected chi connectivity index (χ0v) is 12.3. The minimum atomic E-state index is 0.624. The number of nitrogens with zero attached hydrogens (tertiary/aromatic N) is 3. The molecule has 0 amide bonds. The molecule has 1 aromatic rings. The van der Waals surface area contributed by atoms with E-state index in [1.54, 1.807) is 6.20 Å². The van der Waals surface area contributed by atoms with Crippen LogP contribution in [0, 0.1) is 17.8 Å². The molecule has 0 aliphatic heterocycles. The van der Waals surface area contributed by atoms with Crippen LogP contribution in [0.1, 0.15) is 25.7 Å². The fraction of sp³-hybridized carbons (Fsp3) is 0.714. The minimum Gasteiger partial charge on any atom is -0.358 e. The third-order valence-corrected chi connectivity index (χ3v) is 4.97. The molecule has 2 saturated carbocycles. The van der Waals surface area contributed by atoms with Crippen LogP contribution >= 0.6 is 11.6 Å². The Labute approximate surface area is 119 Å². The molecular formula is C14H21ClN4. The van der Waals surface area contributed by atoms with Crippen LogP contribution < -0.4 is 10.2 Å². The second kappa shape index (κ2) is 5.16. The Morgan fingerprint density at radius 1 is 1.42 bits per heavy atom. The molecule has 0 spiro atoms. The summed E-state index contributed by atoms with van der Waals surface area (Å²) >= 11 is 6.22. The van der Waals surface area contributed by atoms with Crippen LogP contribution in [0.5, 0.6) is 0 Å². The molecule has 1 heterocycles. The minimum absolute atomic E-state index is 0.624. The number of aromatic nitrogens is 2. The van der Waals surface area contributed by atoms with Crippen LogP contribution in [0.4, 0.5) is 11.8 Å². The second-order valence-corrected chi connectivity index (χ2v) is 6.34. The summed E-state index contributed by atoms with van der Waals surface area (Å²) < 4.78 is 0. The Bertz CT molecular complexity index is 465. The number of nitrogens with one attached hydrogen (secondary N) is 1. The van der Waals surface area contributed by atoms with Crippen LogP contribution in [0.25, 0.3) is 0 Å². The molecule has 104 valence electrons. The van der Waals surface area contributed by atoms with Crippen molar-refractivity contribution in [2.45, 2.75) is 25.7 Å². The van der Waals surface area contributed by atoms with Crippen LogP contribution in [0.15, 0.2) is 6.20 Å². The Kier molecular flexibility index (Phi) is 3.52. The van der Waals surface area contributed by atoms with Crippen molar-refractivity contribution in [2.75, 3.05) is 30.9 Å². The lowest BCUT2D eigenvalue weighted by atomic mass is 9.88. The van der Waals surface area contributed by atoms with Gasteiger partial charge in [-0.2, -0.15) is 4.98 Å². The van der Waals surface area contributed by atoms with Gasteiger partial charge in [0.05, 0.1) is 6.20 Å². The van der Waals surface area contributed by atoms with E-state index >= 15 is 0 Å². The molecule has 3 atom stereocenters. The van der Waals surface area contributed by atoms with Gasteiger partial charge >= 0.3 is 0 Å². The first kappa shape index (κ1) is 13.0. The molecule has 0 saturated heterocycles. The Morgan fingerprint density at radius 2 is 2.26 bits per heavy atom. The lowest BCUT2D eigenvalue weighted by molar-refractivity contribution is 0.337. The van der Waals surface area contributed by atoms with Gasteiger partial charge in [-0.15, -0.1) is 0 Å². The molecule has 19 heavy (non-hydrogen) atoms. The molecule has 4 nitrogen and oxygen atoms in total. The summed E-state index contributed by atoms with van der Waals surface area (Å²) in [4.78, 5) is 10.8. The average Bonchev–Trinajstić information content (AvgIpc) is 3.01. The van der Waals surface area contributed by atoms with E-state index in [1.165, 1.54) is 25.7 Å². The molecule has 1 N–H and O–H groups in total. The molecule has 1 aromatic heterocycles. The number of fused-ring (bicyclic) bond motifs is 2. The van der Waals surface area contributed by atoms with Crippen molar-refractivity contribution < 1.29 is 0 Å². The van der Waals surface area contributed by atoms with E-state index in [0.717, 1.165) is 30.1 Å². The van der Waals surface area contributed by atoms with Gasteiger partial charge in [0.2, 0.25) is 5.95 Å². The zero-order chi connectivity index (χ0) is 13.4. The maximum absolute atomic E-state index is 6.22. The first-order valence-corrected chi connectivity index (χ1v) is 7.46. The van der Waals surface area contributed by atoms with E-state index in [0.29, 0.717) is 11.0 Å². The van der Waals surface area contributed by atoms with Crippen molar-refractivity contribution in [3.05, 3.63) is 11.2 Å². The SMILES string of the molecule is CNc1ncc(Cl)c(N(C)CC2CC3CCC2C3)n1. The highest BCUT2D eigenvalue weighted by atomic mass is 35.5. The smallest absolute Gasteiger partial charge is 0.224 e. The topological polar surface area (TPSA) is 41.1 Å². The molecule has 2 aliphatic rings. The van der Waals surface area contributed by atoms with Crippen LogP contribution in [-0.2, 0) is 0 Å². The first-order valence-electron chi connectivity index (χ1n) is 7.08. The van der Waals surface area contributed by atoms with E-state index in [4.69, 9.17) is 11.6 Å². The van der Waals surface area contributed by atoms with Gasteiger partial charge in [-0.05, 0) is 37.0 Å². The highest BCUT2D eigenvalue weighted by Gasteiger charge is 2.39. The van der Waals surface area contributed by atoms with Gasteiger partial charge in [-0.1, -0.05) is 18.0 Å². The van der Waals surface area contributed by atoms with Gasteiger partial charge in [0.1, 0.15) is 5.02 Å². The average molecular weight is 281 g/mol. The normalized spacial score (nSPS) is 28.7. The van der Waals surface area contributed by atoms with Crippen molar-refractivity contribution in [1.29, 1.82) is 0 Å². The largest absolute Gasteiger partial charge is 0.358 e. The Morgan fingerprint density at radius 3 is 2.89 bits per heavy atom. The molecule has 0 aromatic carbocycles. The Balaban J connectivity index is 1.71. The second-order valence-electron chi connectivity index (χ2n) is 5.93. The molecule has 2 fully saturated rings. The number of hydrogen-bond acceptors (Lipinski definition) is 4. The molecule has 2 aliphatic carbocycles. The van der Waals surface area contributed by atoms with E-state index in [-0.39, 0.29) is 0 Å². The lowest BCUT2D eigenvalue weighted by Gasteiger charge is -2.28. The van der Waals surface area contributed by atoms with Crippen molar-refractivity contribution in [3.8, 4) is 0 Å². The molecule has 2 bridgehead atoms. The molecule has 5 heteroatoms. The predicted octanol–water partition coefficient (Wildman–Crippen LogP) is 3.04. The van der Waals surface area contributed by atoms with Crippen LogP contribution in [-0.4, -0.2) is 30.6 Å². The summed E-state index contributed by atoms with van der Waals surface area (Å²) in [6.45, 7) is 1.06. The maximum Gasteiger partial charge on any atom is 0.224 e. The highest BCUT2D eigenvalue weighted by Crippen LogP contribution is 2.48. The Hall–Kier alpha value is -1.03. The number of halogens is 1. The fourth-order valence-electron chi connectivity index (χ4n) is 3.78. The van der Waals surface area contributed by atoms with Gasteiger partial charge in [0.25, 0.3) is 0 Å². The molecular weight excluding hydrogens is 260 g/mol. The van der Waals surface area contributed by atoms with Gasteiger partial charge in [-0.3, -0.25) is 0 Å². The standard InChI is InChI=1S/C14H21ClN4/c1-16-14-17-7-12(15)13(18-14)19(2)8-11-6-9-3-4-10(11)5-9/h7,9-11H,3-6,8H2,1-2H3,(H,16,17,18). The highest BCUT2D eigenvalue weighted by molar-refractivity contribution is 6.32. The van der Waals surface area contributed by atoms with E-state index < -0.39 is 0 Å². The van der Waals surface area contributed by atoms with E-state index in [9.17, 15) is 0 Å². The summed E-state index contributed by atoms with van der Waals surface area (Å²) in [5.41, 5.74) is 0. The summed E-state index contributed by atoms with van der Waals surface area (Å²) in [6.07, 6.45) is 7.37. The molecule has 3 rings (SSSR count). The van der Waals surface area contributed by atoms with Gasteiger partial charge in [0, 0.05) is 20.6 Å². The fourth-order valence-corrected chi connectivity index (χ4v) is 4.02. The van der Waals surface area contributed by atoms with Crippen molar-refractivity contribution in [2.24, 2.45) is 17.8 Å².